The number of fused-ring (bicyclic) bond motifs is 1. The third kappa shape index (κ3) is 1.26. The fourth-order valence-corrected chi connectivity index (χ4v) is 2.04. The van der Waals surface area contributed by atoms with E-state index in [2.05, 4.69) is 32.6 Å². The molecule has 0 aliphatic carbocycles. The fraction of sp³-hybridized carbons (Fsp3) is 0.125. The van der Waals surface area contributed by atoms with Crippen molar-refractivity contribution in [2.24, 2.45) is 0 Å². The van der Waals surface area contributed by atoms with Crippen LogP contribution < -0.4 is 0 Å². The van der Waals surface area contributed by atoms with Gasteiger partial charge in [-0.15, -0.1) is 0 Å². The van der Waals surface area contributed by atoms with Gasteiger partial charge in [0.25, 0.3) is 5.69 Å². The van der Waals surface area contributed by atoms with Crippen LogP contribution in [0.4, 0.5) is 5.69 Å². The lowest BCUT2D eigenvalue weighted by molar-refractivity contribution is -0.383. The van der Waals surface area contributed by atoms with Crippen molar-refractivity contribution in [3.8, 4) is 0 Å². The van der Waals surface area contributed by atoms with Crippen LogP contribution in [0.15, 0.2) is 12.4 Å². The number of pyridine rings is 1. The van der Waals surface area contributed by atoms with Crippen molar-refractivity contribution in [2.45, 2.75) is 6.92 Å². The Bertz CT molecular complexity index is 521. The van der Waals surface area contributed by atoms with Gasteiger partial charge < -0.3 is 4.98 Å². The summed E-state index contributed by atoms with van der Waals surface area (Å²) in [5, 5.41) is 11.4. The molecule has 0 radical (unpaired) electrons. The maximum atomic E-state index is 10.8. The second-order valence-electron chi connectivity index (χ2n) is 2.91. The molecule has 0 saturated carbocycles. The number of hydrogen-bond acceptors (Lipinski definition) is 3. The fourth-order valence-electron chi connectivity index (χ4n) is 1.37. The Kier molecular flexibility index (Phi) is 2.14. The molecule has 72 valence electrons. The summed E-state index contributed by atoms with van der Waals surface area (Å²) >= 11 is 2.05. The molecule has 0 atom stereocenters. The molecule has 2 aromatic rings. The first-order chi connectivity index (χ1) is 6.61. The lowest BCUT2D eigenvalue weighted by Gasteiger charge is -1.97. The van der Waals surface area contributed by atoms with Crippen molar-refractivity contribution in [3.63, 3.8) is 0 Å². The van der Waals surface area contributed by atoms with Gasteiger partial charge in [0, 0.05) is 21.5 Å². The predicted octanol–water partition coefficient (Wildman–Crippen LogP) is 2.38. The number of nitrogens with zero attached hydrogens (tertiary/aromatic N) is 2. The molecule has 0 aromatic carbocycles. The van der Waals surface area contributed by atoms with Gasteiger partial charge in [-0.2, -0.15) is 0 Å². The maximum absolute atomic E-state index is 10.8. The third-order valence-corrected chi connectivity index (χ3v) is 2.84. The van der Waals surface area contributed by atoms with Crippen LogP contribution in [0, 0.1) is 20.6 Å². The van der Waals surface area contributed by atoms with Crippen molar-refractivity contribution in [2.75, 3.05) is 0 Å². The summed E-state index contributed by atoms with van der Waals surface area (Å²) in [6.45, 7) is 1.69. The van der Waals surface area contributed by atoms with Crippen molar-refractivity contribution >= 4 is 39.3 Å². The van der Waals surface area contributed by atoms with E-state index in [0.717, 1.165) is 3.57 Å². The number of halogens is 1. The summed E-state index contributed by atoms with van der Waals surface area (Å²) in [4.78, 5) is 17.4. The van der Waals surface area contributed by atoms with E-state index in [1.54, 1.807) is 13.1 Å². The molecule has 2 aromatic heterocycles. The lowest BCUT2D eigenvalue weighted by Crippen LogP contribution is -1.94. The minimum Gasteiger partial charge on any atom is -0.345 e. The number of nitrogens with one attached hydrogen (secondary N) is 1. The van der Waals surface area contributed by atoms with Crippen LogP contribution in [0.3, 0.4) is 0 Å². The van der Waals surface area contributed by atoms with E-state index in [1.807, 2.05) is 0 Å². The molecular formula is C8H6IN3O2. The van der Waals surface area contributed by atoms with E-state index in [1.165, 1.54) is 6.20 Å². The van der Waals surface area contributed by atoms with E-state index in [4.69, 9.17) is 0 Å². The maximum Gasteiger partial charge on any atom is 0.285 e. The van der Waals surface area contributed by atoms with Gasteiger partial charge in [0.2, 0.25) is 0 Å². The molecule has 2 rings (SSSR count). The summed E-state index contributed by atoms with van der Waals surface area (Å²) < 4.78 is 0.820. The van der Waals surface area contributed by atoms with E-state index >= 15 is 0 Å². The van der Waals surface area contributed by atoms with Crippen LogP contribution in [0.2, 0.25) is 0 Å². The number of aromatic nitrogens is 2. The summed E-state index contributed by atoms with van der Waals surface area (Å²) in [7, 11) is 0. The average Bonchev–Trinajstić information content (AvgIpc) is 2.47. The molecule has 14 heavy (non-hydrogen) atoms. The number of hydrogen-bond donors (Lipinski definition) is 1. The Morgan fingerprint density at radius 2 is 2.36 bits per heavy atom. The van der Waals surface area contributed by atoms with Gasteiger partial charge in [-0.05, 0) is 29.5 Å². The number of rotatable bonds is 1. The quantitative estimate of drug-likeness (QED) is 0.499. The molecular weight excluding hydrogens is 297 g/mol. The van der Waals surface area contributed by atoms with Crippen LogP contribution in [0.25, 0.3) is 11.0 Å². The molecule has 1 N–H and O–H groups in total. The van der Waals surface area contributed by atoms with Crippen molar-refractivity contribution in [1.82, 2.24) is 9.97 Å². The highest BCUT2D eigenvalue weighted by atomic mass is 127. The van der Waals surface area contributed by atoms with Crippen molar-refractivity contribution < 1.29 is 4.92 Å². The monoisotopic (exact) mass is 303 g/mol. The lowest BCUT2D eigenvalue weighted by atomic mass is 10.2. The standard InChI is InChI=1S/C8H6IN3O2/c1-4-2-10-8-6(5(9)3-11-8)7(4)12(13)14/h2-3H,1H3,(H,10,11). The minimum atomic E-state index is -0.366. The zero-order valence-corrected chi connectivity index (χ0v) is 9.40. The molecule has 6 heteroatoms. The van der Waals surface area contributed by atoms with E-state index < -0.39 is 0 Å². The summed E-state index contributed by atoms with van der Waals surface area (Å²) in [6, 6.07) is 0. The molecule has 0 spiro atoms. The van der Waals surface area contributed by atoms with Crippen LogP contribution in [0.5, 0.6) is 0 Å². The second kappa shape index (κ2) is 3.19. The Hall–Kier alpha value is -1.18. The van der Waals surface area contributed by atoms with Crippen LogP contribution in [-0.4, -0.2) is 14.9 Å². The number of aromatic amines is 1. The van der Waals surface area contributed by atoms with Gasteiger partial charge >= 0.3 is 0 Å². The molecule has 5 nitrogen and oxygen atoms in total. The molecule has 0 saturated heterocycles. The minimum absolute atomic E-state index is 0.139. The normalized spacial score (nSPS) is 10.7. The smallest absolute Gasteiger partial charge is 0.285 e. The molecule has 0 unspecified atom stereocenters. The van der Waals surface area contributed by atoms with Crippen LogP contribution in [-0.2, 0) is 0 Å². The largest absolute Gasteiger partial charge is 0.345 e. The Labute approximate surface area is 92.8 Å². The summed E-state index contributed by atoms with van der Waals surface area (Å²) in [5.41, 5.74) is 1.28. The Balaban J connectivity index is 2.94. The third-order valence-electron chi connectivity index (χ3n) is 1.99. The average molecular weight is 303 g/mol. The highest BCUT2D eigenvalue weighted by Crippen LogP contribution is 2.30. The Morgan fingerprint density at radius 1 is 1.64 bits per heavy atom. The van der Waals surface area contributed by atoms with Crippen molar-refractivity contribution in [1.29, 1.82) is 0 Å². The number of nitro groups is 1. The van der Waals surface area contributed by atoms with Gasteiger partial charge in [0.15, 0.2) is 0 Å². The highest BCUT2D eigenvalue weighted by molar-refractivity contribution is 14.1. The van der Waals surface area contributed by atoms with Gasteiger partial charge in [-0.1, -0.05) is 0 Å². The topological polar surface area (TPSA) is 71.8 Å². The highest BCUT2D eigenvalue weighted by Gasteiger charge is 2.19. The number of aryl methyl sites for hydroxylation is 1. The molecule has 2 heterocycles. The predicted molar refractivity (Wildman–Crippen MR) is 60.2 cm³/mol. The second-order valence-corrected chi connectivity index (χ2v) is 4.07. The van der Waals surface area contributed by atoms with Crippen LogP contribution >= 0.6 is 22.6 Å². The molecule has 0 fully saturated rings. The van der Waals surface area contributed by atoms with E-state index in [-0.39, 0.29) is 10.6 Å². The molecule has 0 aliphatic heterocycles. The first kappa shape index (κ1) is 9.38. The summed E-state index contributed by atoms with van der Waals surface area (Å²) in [5.74, 6) is 0. The SMILES string of the molecule is Cc1cnc2[nH]cc(I)c2c1[N+](=O)[O-]. The first-order valence-electron chi connectivity index (χ1n) is 3.88. The van der Waals surface area contributed by atoms with E-state index in [9.17, 15) is 10.1 Å². The zero-order chi connectivity index (χ0) is 10.3. The van der Waals surface area contributed by atoms with Gasteiger partial charge in [-0.3, -0.25) is 10.1 Å². The zero-order valence-electron chi connectivity index (χ0n) is 7.24. The van der Waals surface area contributed by atoms with Crippen molar-refractivity contribution in [3.05, 3.63) is 31.6 Å². The van der Waals surface area contributed by atoms with Crippen LogP contribution in [0.1, 0.15) is 5.56 Å². The molecule has 0 bridgehead atoms. The Morgan fingerprint density at radius 3 is 3.00 bits per heavy atom. The van der Waals surface area contributed by atoms with E-state index in [0.29, 0.717) is 16.6 Å². The molecule has 0 aliphatic rings. The molecule has 0 amide bonds. The summed E-state index contributed by atoms with van der Waals surface area (Å²) in [6.07, 6.45) is 3.22. The van der Waals surface area contributed by atoms with Gasteiger partial charge in [0.05, 0.1) is 4.92 Å². The first-order valence-corrected chi connectivity index (χ1v) is 4.95. The van der Waals surface area contributed by atoms with Gasteiger partial charge in [0.1, 0.15) is 11.0 Å². The van der Waals surface area contributed by atoms with Gasteiger partial charge in [-0.25, -0.2) is 4.98 Å². The number of H-pyrrole nitrogens is 1.